The highest BCUT2D eigenvalue weighted by molar-refractivity contribution is 6.05. The summed E-state index contributed by atoms with van der Waals surface area (Å²) in [6.07, 6.45) is -22.6. The first-order valence-corrected chi connectivity index (χ1v) is 8.07. The topological polar surface area (TPSA) is 43.4 Å². The molecule has 0 N–H and O–H groups in total. The van der Waals surface area contributed by atoms with E-state index in [4.69, 9.17) is 0 Å². The number of esters is 2. The number of alkyl halides is 12. The number of ether oxygens (including phenoxy) is 1. The molecule has 0 radical (unpaired) electrons. The van der Waals surface area contributed by atoms with Gasteiger partial charge in [-0.2, -0.15) is 52.7 Å². The third-order valence-electron chi connectivity index (χ3n) is 3.94. The lowest BCUT2D eigenvalue weighted by atomic mass is 9.99. The minimum atomic E-state index is -5.64. The summed E-state index contributed by atoms with van der Waals surface area (Å²) in [4.78, 5) is 24.2. The van der Waals surface area contributed by atoms with Crippen molar-refractivity contribution in [3.8, 4) is 0 Å². The highest BCUT2D eigenvalue weighted by atomic mass is 19.4. The van der Waals surface area contributed by atoms with E-state index in [0.717, 1.165) is 0 Å². The van der Waals surface area contributed by atoms with Crippen LogP contribution in [0.15, 0.2) is 36.4 Å². The number of carbonyl (C=O) groups excluding carboxylic acids is 2. The van der Waals surface area contributed by atoms with Gasteiger partial charge >= 0.3 is 36.6 Å². The standard InChI is InChI=1S/C18H6F12O3/c19-15(20,21)7-3-1-4-8(16(22,23)24)11(7)13(31)33-14(32)12-9(17(25,26)27)5-2-6-10(12)18(28,29)30/h1-6H. The van der Waals surface area contributed by atoms with Gasteiger partial charge < -0.3 is 4.74 Å². The van der Waals surface area contributed by atoms with Crippen LogP contribution in [-0.4, -0.2) is 11.9 Å². The van der Waals surface area contributed by atoms with Crippen molar-refractivity contribution in [2.45, 2.75) is 24.7 Å². The molecule has 180 valence electrons. The Morgan fingerprint density at radius 1 is 0.485 bits per heavy atom. The Labute approximate surface area is 174 Å². The van der Waals surface area contributed by atoms with Crippen LogP contribution >= 0.6 is 0 Å². The van der Waals surface area contributed by atoms with Gasteiger partial charge in [0.2, 0.25) is 0 Å². The van der Waals surface area contributed by atoms with E-state index in [-0.39, 0.29) is 36.4 Å². The summed E-state index contributed by atoms with van der Waals surface area (Å²) in [5.74, 6) is -5.52. The van der Waals surface area contributed by atoms with Crippen molar-refractivity contribution < 1.29 is 67.0 Å². The maximum atomic E-state index is 13.1. The molecule has 0 saturated heterocycles. The van der Waals surface area contributed by atoms with Gasteiger partial charge in [-0.05, 0) is 24.3 Å². The molecule has 2 aromatic carbocycles. The maximum Gasteiger partial charge on any atom is 0.417 e. The number of hydrogen-bond donors (Lipinski definition) is 0. The Balaban J connectivity index is 2.69. The first kappa shape index (κ1) is 26.0. The van der Waals surface area contributed by atoms with Crippen LogP contribution in [0.25, 0.3) is 0 Å². The van der Waals surface area contributed by atoms with Gasteiger partial charge in [-0.25, -0.2) is 9.59 Å². The molecule has 2 aromatic rings. The average Bonchev–Trinajstić information content (AvgIpc) is 2.63. The Morgan fingerprint density at radius 2 is 0.697 bits per heavy atom. The molecule has 33 heavy (non-hydrogen) atoms. The Morgan fingerprint density at radius 3 is 0.879 bits per heavy atom. The first-order valence-electron chi connectivity index (χ1n) is 8.07. The van der Waals surface area contributed by atoms with Crippen LogP contribution in [0.4, 0.5) is 52.7 Å². The SMILES string of the molecule is O=C(OC(=O)c1c(C(F)(F)F)cccc1C(F)(F)F)c1c(C(F)(F)F)cccc1C(F)(F)F. The van der Waals surface area contributed by atoms with E-state index in [0.29, 0.717) is 0 Å². The monoisotopic (exact) mass is 498 g/mol. The van der Waals surface area contributed by atoms with Crippen molar-refractivity contribution in [3.63, 3.8) is 0 Å². The zero-order chi connectivity index (χ0) is 25.6. The number of benzene rings is 2. The molecule has 0 saturated carbocycles. The fraction of sp³-hybridized carbons (Fsp3) is 0.222. The van der Waals surface area contributed by atoms with Gasteiger partial charge in [-0.3, -0.25) is 0 Å². The predicted octanol–water partition coefficient (Wildman–Crippen LogP) is 6.76. The van der Waals surface area contributed by atoms with Crippen molar-refractivity contribution in [1.29, 1.82) is 0 Å². The third kappa shape index (κ3) is 5.57. The van der Waals surface area contributed by atoms with Gasteiger partial charge in [0.1, 0.15) is 0 Å². The number of carbonyl (C=O) groups is 2. The van der Waals surface area contributed by atoms with Gasteiger partial charge in [-0.15, -0.1) is 0 Å². The molecule has 0 aliphatic carbocycles. The zero-order valence-electron chi connectivity index (χ0n) is 15.2. The number of hydrogen-bond acceptors (Lipinski definition) is 3. The lowest BCUT2D eigenvalue weighted by Crippen LogP contribution is -2.26. The quantitative estimate of drug-likeness (QED) is 0.261. The molecule has 0 amide bonds. The van der Waals surface area contributed by atoms with E-state index < -0.39 is 70.0 Å². The van der Waals surface area contributed by atoms with Crippen LogP contribution in [0.3, 0.4) is 0 Å². The summed E-state index contributed by atoms with van der Waals surface area (Å²) in [6.45, 7) is 0. The lowest BCUT2D eigenvalue weighted by molar-refractivity contribution is -0.145. The van der Waals surface area contributed by atoms with E-state index >= 15 is 0 Å². The summed E-state index contributed by atoms with van der Waals surface area (Å²) < 4.78 is 161. The molecule has 0 aliphatic rings. The molecule has 0 aliphatic heterocycles. The van der Waals surface area contributed by atoms with Crippen molar-refractivity contribution in [1.82, 2.24) is 0 Å². The zero-order valence-corrected chi connectivity index (χ0v) is 15.2. The molecule has 0 fully saturated rings. The first-order chi connectivity index (χ1) is 14.8. The number of rotatable bonds is 2. The van der Waals surface area contributed by atoms with Crippen LogP contribution in [0.5, 0.6) is 0 Å². The molecule has 15 heteroatoms. The van der Waals surface area contributed by atoms with Crippen molar-refractivity contribution in [2.75, 3.05) is 0 Å². The largest absolute Gasteiger partial charge is 0.417 e. The van der Waals surface area contributed by atoms with E-state index in [9.17, 15) is 62.3 Å². The van der Waals surface area contributed by atoms with Crippen LogP contribution in [-0.2, 0) is 29.4 Å². The highest BCUT2D eigenvalue weighted by Gasteiger charge is 2.46. The minimum absolute atomic E-state index is 0.0267. The molecule has 2 rings (SSSR count). The summed E-state index contributed by atoms with van der Waals surface area (Å²) in [6, 6.07) is 0.375. The normalized spacial score (nSPS) is 13.1. The fourth-order valence-electron chi connectivity index (χ4n) is 2.68. The van der Waals surface area contributed by atoms with Crippen molar-refractivity contribution in [2.24, 2.45) is 0 Å². The molecular weight excluding hydrogens is 492 g/mol. The molecule has 0 aromatic heterocycles. The second-order valence-electron chi connectivity index (χ2n) is 6.12. The Hall–Kier alpha value is -3.26. The van der Waals surface area contributed by atoms with E-state index in [1.807, 2.05) is 0 Å². The highest BCUT2D eigenvalue weighted by Crippen LogP contribution is 2.42. The van der Waals surface area contributed by atoms with Gasteiger partial charge in [0.05, 0.1) is 33.4 Å². The van der Waals surface area contributed by atoms with Crippen LogP contribution in [0.1, 0.15) is 43.0 Å². The van der Waals surface area contributed by atoms with E-state index in [2.05, 4.69) is 4.74 Å². The lowest BCUT2D eigenvalue weighted by Gasteiger charge is -2.19. The van der Waals surface area contributed by atoms with Crippen molar-refractivity contribution >= 4 is 11.9 Å². The van der Waals surface area contributed by atoms with Gasteiger partial charge in [0.15, 0.2) is 0 Å². The van der Waals surface area contributed by atoms with Gasteiger partial charge in [-0.1, -0.05) is 12.1 Å². The molecule has 0 atom stereocenters. The van der Waals surface area contributed by atoms with Crippen LogP contribution in [0, 0.1) is 0 Å². The smallest absolute Gasteiger partial charge is 0.386 e. The second kappa shape index (κ2) is 8.26. The number of halogens is 12. The second-order valence-corrected chi connectivity index (χ2v) is 6.12. The summed E-state index contributed by atoms with van der Waals surface area (Å²) in [5, 5.41) is 0. The predicted molar refractivity (Wildman–Crippen MR) is 82.6 cm³/mol. The molecule has 0 spiro atoms. The van der Waals surface area contributed by atoms with E-state index in [1.54, 1.807) is 0 Å². The summed E-state index contributed by atoms with van der Waals surface area (Å²) in [5.41, 5.74) is -13.8. The molecule has 0 bridgehead atoms. The molecular formula is C18H6F12O3. The summed E-state index contributed by atoms with van der Waals surface area (Å²) >= 11 is 0. The average molecular weight is 498 g/mol. The molecule has 0 unspecified atom stereocenters. The van der Waals surface area contributed by atoms with Gasteiger partial charge in [0.25, 0.3) is 0 Å². The maximum absolute atomic E-state index is 13.1. The Kier molecular flexibility index (Phi) is 6.51. The van der Waals surface area contributed by atoms with E-state index in [1.165, 1.54) is 0 Å². The fourth-order valence-corrected chi connectivity index (χ4v) is 2.68. The molecule has 0 heterocycles. The van der Waals surface area contributed by atoms with Gasteiger partial charge in [0, 0.05) is 0 Å². The minimum Gasteiger partial charge on any atom is -0.386 e. The molecule has 3 nitrogen and oxygen atoms in total. The van der Waals surface area contributed by atoms with Crippen LogP contribution < -0.4 is 0 Å². The Bertz CT molecular complexity index is 925. The van der Waals surface area contributed by atoms with Crippen molar-refractivity contribution in [3.05, 3.63) is 69.8 Å². The third-order valence-corrected chi connectivity index (χ3v) is 3.94. The summed E-state index contributed by atoms with van der Waals surface area (Å²) in [7, 11) is 0. The van der Waals surface area contributed by atoms with Crippen LogP contribution in [0.2, 0.25) is 0 Å².